The Morgan fingerprint density at radius 3 is 2.75 bits per heavy atom. The van der Waals surface area contributed by atoms with Crippen LogP contribution in [0.1, 0.15) is 12.5 Å². The molecule has 4 nitrogen and oxygen atoms in total. The van der Waals surface area contributed by atoms with Crippen molar-refractivity contribution in [2.75, 3.05) is 11.9 Å². The van der Waals surface area contributed by atoms with Gasteiger partial charge in [-0.15, -0.1) is 0 Å². The van der Waals surface area contributed by atoms with Crippen LogP contribution in [0.15, 0.2) is 36.4 Å². The largest absolute Gasteiger partial charge is 0.504 e. The van der Waals surface area contributed by atoms with Gasteiger partial charge in [-0.05, 0) is 25.1 Å². The first-order valence-electron chi connectivity index (χ1n) is 6.28. The number of phenols is 2. The zero-order valence-corrected chi connectivity index (χ0v) is 11.1. The first-order valence-corrected chi connectivity index (χ1v) is 6.28. The molecule has 0 aliphatic rings. The minimum atomic E-state index is -0.376. The summed E-state index contributed by atoms with van der Waals surface area (Å²) in [7, 11) is 0. The number of hydrogen-bond acceptors (Lipinski definition) is 4. The van der Waals surface area contributed by atoms with E-state index in [9.17, 15) is 14.6 Å². The van der Waals surface area contributed by atoms with Crippen molar-refractivity contribution in [3.05, 3.63) is 47.8 Å². The molecule has 2 rings (SSSR count). The van der Waals surface area contributed by atoms with Crippen molar-refractivity contribution in [1.29, 1.82) is 0 Å². The molecule has 0 unspecified atom stereocenters. The number of para-hydroxylation sites is 1. The van der Waals surface area contributed by atoms with Crippen LogP contribution in [-0.4, -0.2) is 16.8 Å². The Balaban J connectivity index is 2.16. The molecule has 0 saturated carbocycles. The molecule has 0 spiro atoms. The Bertz CT molecular complexity index is 602. The normalized spacial score (nSPS) is 10.3. The summed E-state index contributed by atoms with van der Waals surface area (Å²) >= 11 is 0. The number of aromatic hydroxyl groups is 2. The monoisotopic (exact) mass is 277 g/mol. The summed E-state index contributed by atoms with van der Waals surface area (Å²) in [5.41, 5.74) is 1.16. The van der Waals surface area contributed by atoms with E-state index in [1.807, 2.05) is 6.92 Å². The Kier molecular flexibility index (Phi) is 4.30. The molecule has 0 aromatic heterocycles. The Hall–Kier alpha value is -2.43. The predicted octanol–water partition coefficient (Wildman–Crippen LogP) is 3.25. The average molecular weight is 277 g/mol. The fraction of sp³-hybridized carbons (Fsp3) is 0.200. The van der Waals surface area contributed by atoms with Crippen molar-refractivity contribution in [2.45, 2.75) is 13.5 Å². The fourth-order valence-electron chi connectivity index (χ4n) is 1.83. The van der Waals surface area contributed by atoms with Crippen LogP contribution in [0, 0.1) is 5.82 Å². The Morgan fingerprint density at radius 2 is 2.00 bits per heavy atom. The first kappa shape index (κ1) is 14.0. The molecule has 106 valence electrons. The van der Waals surface area contributed by atoms with Gasteiger partial charge < -0.3 is 20.3 Å². The molecule has 2 aromatic carbocycles. The van der Waals surface area contributed by atoms with Gasteiger partial charge in [-0.3, -0.25) is 0 Å². The van der Waals surface area contributed by atoms with E-state index in [2.05, 4.69) is 5.32 Å². The molecule has 0 aliphatic heterocycles. The molecule has 0 saturated heterocycles. The fourth-order valence-corrected chi connectivity index (χ4v) is 1.83. The van der Waals surface area contributed by atoms with Crippen LogP contribution in [0.5, 0.6) is 17.2 Å². The van der Waals surface area contributed by atoms with Gasteiger partial charge in [0.2, 0.25) is 0 Å². The number of hydrogen-bond donors (Lipinski definition) is 3. The van der Waals surface area contributed by atoms with Crippen LogP contribution in [0.4, 0.5) is 10.1 Å². The second kappa shape index (κ2) is 6.14. The van der Waals surface area contributed by atoms with Gasteiger partial charge in [0.15, 0.2) is 11.5 Å². The third-order valence-electron chi connectivity index (χ3n) is 2.81. The molecule has 0 radical (unpaired) electrons. The maximum Gasteiger partial charge on any atom is 0.162 e. The zero-order chi connectivity index (χ0) is 14.5. The standard InChI is InChI=1S/C15H16FNO3/c1-2-20-14-8-11(16)6-7-12(14)17-9-10-4-3-5-13(18)15(10)19/h3-8,17-19H,2,9H2,1H3. The summed E-state index contributed by atoms with van der Waals surface area (Å²) in [5, 5.41) is 22.2. The summed E-state index contributed by atoms with van der Waals surface area (Å²) in [6, 6.07) is 8.93. The SMILES string of the molecule is CCOc1cc(F)ccc1NCc1cccc(O)c1O. The molecule has 0 fully saturated rings. The van der Waals surface area contributed by atoms with Crippen LogP contribution in [0.2, 0.25) is 0 Å². The van der Waals surface area contributed by atoms with Crippen LogP contribution in [-0.2, 0) is 6.54 Å². The molecular formula is C15H16FNO3. The first-order chi connectivity index (χ1) is 9.61. The average Bonchev–Trinajstić information content (AvgIpc) is 2.42. The van der Waals surface area contributed by atoms with Crippen LogP contribution in [0.25, 0.3) is 0 Å². The Morgan fingerprint density at radius 1 is 1.20 bits per heavy atom. The molecular weight excluding hydrogens is 261 g/mol. The predicted molar refractivity (Wildman–Crippen MR) is 74.7 cm³/mol. The number of halogens is 1. The van der Waals surface area contributed by atoms with Crippen molar-refractivity contribution in [3.63, 3.8) is 0 Å². The van der Waals surface area contributed by atoms with Crippen molar-refractivity contribution in [2.24, 2.45) is 0 Å². The molecule has 20 heavy (non-hydrogen) atoms. The molecule has 0 bridgehead atoms. The maximum atomic E-state index is 13.2. The summed E-state index contributed by atoms with van der Waals surface area (Å²) in [5.74, 6) is -0.306. The number of nitrogens with one attached hydrogen (secondary N) is 1. The van der Waals surface area contributed by atoms with Gasteiger partial charge in [-0.1, -0.05) is 12.1 Å². The number of ether oxygens (including phenoxy) is 1. The lowest BCUT2D eigenvalue weighted by molar-refractivity contribution is 0.339. The third-order valence-corrected chi connectivity index (χ3v) is 2.81. The van der Waals surface area contributed by atoms with E-state index in [0.717, 1.165) is 0 Å². The number of rotatable bonds is 5. The highest BCUT2D eigenvalue weighted by Gasteiger charge is 2.08. The number of benzene rings is 2. The second-order valence-corrected chi connectivity index (χ2v) is 4.21. The summed E-state index contributed by atoms with van der Waals surface area (Å²) in [4.78, 5) is 0. The summed E-state index contributed by atoms with van der Waals surface area (Å²) in [6.45, 7) is 2.52. The lowest BCUT2D eigenvalue weighted by Gasteiger charge is -2.13. The molecule has 5 heteroatoms. The summed E-state index contributed by atoms with van der Waals surface area (Å²) < 4.78 is 18.5. The summed E-state index contributed by atoms with van der Waals surface area (Å²) in [6.07, 6.45) is 0. The molecule has 0 amide bonds. The lowest BCUT2D eigenvalue weighted by atomic mass is 10.2. The molecule has 2 aromatic rings. The minimum absolute atomic E-state index is 0.167. The molecule has 3 N–H and O–H groups in total. The van der Waals surface area contributed by atoms with Crippen LogP contribution < -0.4 is 10.1 Å². The maximum absolute atomic E-state index is 13.2. The van der Waals surface area contributed by atoms with Gasteiger partial charge >= 0.3 is 0 Å². The van der Waals surface area contributed by atoms with Crippen molar-refractivity contribution in [3.8, 4) is 17.2 Å². The number of phenolic OH excluding ortho intramolecular Hbond substituents is 2. The van der Waals surface area contributed by atoms with Gasteiger partial charge in [-0.2, -0.15) is 0 Å². The highest BCUT2D eigenvalue weighted by atomic mass is 19.1. The number of anilines is 1. The van der Waals surface area contributed by atoms with E-state index >= 15 is 0 Å². The Labute approximate surface area is 116 Å². The van der Waals surface area contributed by atoms with Crippen LogP contribution in [0.3, 0.4) is 0 Å². The van der Waals surface area contributed by atoms with Gasteiger partial charge in [0, 0.05) is 18.2 Å². The molecule has 0 heterocycles. The lowest BCUT2D eigenvalue weighted by Crippen LogP contribution is -2.03. The molecule has 0 atom stereocenters. The highest BCUT2D eigenvalue weighted by Crippen LogP contribution is 2.30. The van der Waals surface area contributed by atoms with Gasteiger partial charge in [-0.25, -0.2) is 4.39 Å². The van der Waals surface area contributed by atoms with E-state index in [1.165, 1.54) is 18.2 Å². The van der Waals surface area contributed by atoms with Crippen molar-refractivity contribution < 1.29 is 19.3 Å². The van der Waals surface area contributed by atoms with E-state index in [4.69, 9.17) is 4.74 Å². The van der Waals surface area contributed by atoms with E-state index in [1.54, 1.807) is 18.2 Å². The van der Waals surface area contributed by atoms with Crippen molar-refractivity contribution >= 4 is 5.69 Å². The topological polar surface area (TPSA) is 61.7 Å². The smallest absolute Gasteiger partial charge is 0.162 e. The van der Waals surface area contributed by atoms with E-state index in [-0.39, 0.29) is 23.9 Å². The highest BCUT2D eigenvalue weighted by molar-refractivity contribution is 5.57. The zero-order valence-electron chi connectivity index (χ0n) is 11.1. The third kappa shape index (κ3) is 3.12. The van der Waals surface area contributed by atoms with Crippen molar-refractivity contribution in [1.82, 2.24) is 0 Å². The van der Waals surface area contributed by atoms with Gasteiger partial charge in [0.25, 0.3) is 0 Å². The van der Waals surface area contributed by atoms with Gasteiger partial charge in [0.05, 0.1) is 12.3 Å². The van der Waals surface area contributed by atoms with Gasteiger partial charge in [0.1, 0.15) is 11.6 Å². The van der Waals surface area contributed by atoms with E-state index in [0.29, 0.717) is 23.6 Å². The second-order valence-electron chi connectivity index (χ2n) is 4.21. The van der Waals surface area contributed by atoms with E-state index < -0.39 is 0 Å². The minimum Gasteiger partial charge on any atom is -0.504 e. The van der Waals surface area contributed by atoms with Crippen LogP contribution >= 0.6 is 0 Å². The molecule has 0 aliphatic carbocycles. The quantitative estimate of drug-likeness (QED) is 0.734.